The Balaban J connectivity index is 1.72. The number of sulfonamides is 1. The summed E-state index contributed by atoms with van der Waals surface area (Å²) in [6.45, 7) is 4.49. The Morgan fingerprint density at radius 3 is 2.41 bits per heavy atom. The smallest absolute Gasteiger partial charge is 0.243 e. The van der Waals surface area contributed by atoms with Crippen molar-refractivity contribution in [3.05, 3.63) is 54.1 Å². The van der Waals surface area contributed by atoms with Crippen LogP contribution in [0.5, 0.6) is 11.5 Å². The van der Waals surface area contributed by atoms with Crippen LogP contribution in [0.4, 0.5) is 5.69 Å². The van der Waals surface area contributed by atoms with Crippen molar-refractivity contribution in [1.82, 2.24) is 4.90 Å². The first-order valence-electron chi connectivity index (χ1n) is 9.49. The second-order valence-corrected chi connectivity index (χ2v) is 8.89. The van der Waals surface area contributed by atoms with E-state index in [0.717, 1.165) is 16.1 Å². The van der Waals surface area contributed by atoms with Crippen molar-refractivity contribution in [3.63, 3.8) is 0 Å². The van der Waals surface area contributed by atoms with E-state index in [9.17, 15) is 13.2 Å². The zero-order valence-corrected chi connectivity index (χ0v) is 17.7. The molecule has 7 nitrogen and oxygen atoms in total. The molecule has 0 aliphatic carbocycles. The number of carbonyl (C=O) groups is 1. The fourth-order valence-electron chi connectivity index (χ4n) is 3.25. The molecule has 1 atom stereocenters. The first-order chi connectivity index (χ1) is 13.8. The lowest BCUT2D eigenvalue weighted by Gasteiger charge is -2.32. The molecule has 0 fully saturated rings. The van der Waals surface area contributed by atoms with Gasteiger partial charge in [0.05, 0.1) is 18.5 Å². The van der Waals surface area contributed by atoms with Crippen LogP contribution >= 0.6 is 0 Å². The Bertz CT molecular complexity index is 977. The molecule has 1 heterocycles. The summed E-state index contributed by atoms with van der Waals surface area (Å²) in [4.78, 5) is 14.6. The summed E-state index contributed by atoms with van der Waals surface area (Å²) >= 11 is 0. The van der Waals surface area contributed by atoms with E-state index in [0.29, 0.717) is 36.9 Å². The van der Waals surface area contributed by atoms with Crippen LogP contribution in [-0.2, 0) is 14.8 Å². The first kappa shape index (κ1) is 21.0. The van der Waals surface area contributed by atoms with Gasteiger partial charge >= 0.3 is 0 Å². The van der Waals surface area contributed by atoms with Crippen molar-refractivity contribution < 1.29 is 22.7 Å². The van der Waals surface area contributed by atoms with Crippen molar-refractivity contribution in [2.45, 2.75) is 20.0 Å². The highest BCUT2D eigenvalue weighted by Gasteiger charge is 2.28. The van der Waals surface area contributed by atoms with Gasteiger partial charge in [-0.15, -0.1) is 0 Å². The maximum atomic E-state index is 13.0. The average molecular weight is 419 g/mol. The minimum Gasteiger partial charge on any atom is -0.486 e. The Morgan fingerprint density at radius 2 is 1.76 bits per heavy atom. The largest absolute Gasteiger partial charge is 0.486 e. The minimum atomic E-state index is -3.62. The number of likely N-dealkylation sites (N-methyl/N-ethyl adjacent to an activating group) is 1. The van der Waals surface area contributed by atoms with Crippen molar-refractivity contribution in [2.24, 2.45) is 0 Å². The second kappa shape index (κ2) is 8.73. The number of nitrogens with zero attached hydrogens (tertiary/aromatic N) is 2. The second-order valence-electron chi connectivity index (χ2n) is 6.99. The number of fused-ring (bicyclic) bond motifs is 1. The van der Waals surface area contributed by atoms with E-state index in [1.165, 1.54) is 0 Å². The van der Waals surface area contributed by atoms with Crippen LogP contribution in [0.1, 0.15) is 12.5 Å². The Labute approximate surface area is 171 Å². The van der Waals surface area contributed by atoms with Gasteiger partial charge in [-0.1, -0.05) is 30.3 Å². The lowest BCUT2D eigenvalue weighted by atomic mass is 10.2. The van der Waals surface area contributed by atoms with E-state index >= 15 is 0 Å². The van der Waals surface area contributed by atoms with E-state index in [1.807, 2.05) is 50.2 Å². The van der Waals surface area contributed by atoms with Crippen molar-refractivity contribution in [1.29, 1.82) is 0 Å². The predicted molar refractivity (Wildman–Crippen MR) is 112 cm³/mol. The van der Waals surface area contributed by atoms with Crippen LogP contribution in [0, 0.1) is 6.92 Å². The van der Waals surface area contributed by atoms with Crippen LogP contribution in [0.3, 0.4) is 0 Å². The molecule has 1 aliphatic heterocycles. The summed E-state index contributed by atoms with van der Waals surface area (Å²) in [5.74, 6) is 1.04. The molecule has 156 valence electrons. The number of hydrogen-bond donors (Lipinski definition) is 0. The molecule has 8 heteroatoms. The number of para-hydroxylation sites is 3. The van der Waals surface area contributed by atoms with Crippen molar-refractivity contribution in [3.8, 4) is 11.5 Å². The number of rotatable bonds is 7. The highest BCUT2D eigenvalue weighted by Crippen LogP contribution is 2.31. The number of benzene rings is 2. The van der Waals surface area contributed by atoms with Gasteiger partial charge in [-0.3, -0.25) is 9.10 Å². The van der Waals surface area contributed by atoms with E-state index in [-0.39, 0.29) is 18.6 Å². The molecule has 0 saturated carbocycles. The lowest BCUT2D eigenvalue weighted by Crippen LogP contribution is -2.48. The van der Waals surface area contributed by atoms with E-state index in [1.54, 1.807) is 17.0 Å². The van der Waals surface area contributed by atoms with Gasteiger partial charge in [-0.05, 0) is 37.6 Å². The van der Waals surface area contributed by atoms with Gasteiger partial charge in [-0.2, -0.15) is 0 Å². The fourth-order valence-corrected chi connectivity index (χ4v) is 4.16. The molecule has 1 amide bonds. The number of anilines is 1. The molecule has 0 spiro atoms. The van der Waals surface area contributed by atoms with Gasteiger partial charge in [0.15, 0.2) is 17.6 Å². The van der Waals surface area contributed by atoms with E-state index < -0.39 is 10.0 Å². The van der Waals surface area contributed by atoms with Crippen molar-refractivity contribution >= 4 is 21.6 Å². The summed E-state index contributed by atoms with van der Waals surface area (Å²) in [5, 5.41) is 0. The van der Waals surface area contributed by atoms with Gasteiger partial charge in [0.25, 0.3) is 0 Å². The van der Waals surface area contributed by atoms with Gasteiger partial charge in [-0.25, -0.2) is 8.42 Å². The van der Waals surface area contributed by atoms with Gasteiger partial charge in [0.2, 0.25) is 15.9 Å². The summed E-state index contributed by atoms with van der Waals surface area (Å²) < 4.78 is 37.5. The SMILES string of the molecule is CCN(CC1COc2ccccc2O1)C(=O)CN(c1ccccc1C)S(C)(=O)=O. The maximum absolute atomic E-state index is 13.0. The molecule has 0 N–H and O–H groups in total. The summed E-state index contributed by atoms with van der Waals surface area (Å²) in [6, 6.07) is 14.5. The highest BCUT2D eigenvalue weighted by molar-refractivity contribution is 7.92. The topological polar surface area (TPSA) is 76.2 Å². The molecule has 2 aromatic rings. The number of amides is 1. The third-order valence-corrected chi connectivity index (χ3v) is 5.92. The molecule has 3 rings (SSSR count). The van der Waals surface area contributed by atoms with Crippen LogP contribution in [0.2, 0.25) is 0 Å². The summed E-state index contributed by atoms with van der Waals surface area (Å²) in [5.41, 5.74) is 1.29. The third kappa shape index (κ3) is 5.00. The molecule has 0 radical (unpaired) electrons. The number of hydrogen-bond acceptors (Lipinski definition) is 5. The van der Waals surface area contributed by atoms with Crippen LogP contribution in [0.15, 0.2) is 48.5 Å². The first-order valence-corrected chi connectivity index (χ1v) is 11.3. The van der Waals surface area contributed by atoms with Crippen LogP contribution < -0.4 is 13.8 Å². The quantitative estimate of drug-likeness (QED) is 0.690. The Hall–Kier alpha value is -2.74. The van der Waals surface area contributed by atoms with Gasteiger partial charge in [0, 0.05) is 6.54 Å². The molecule has 0 bridgehead atoms. The molecule has 0 aromatic heterocycles. The predicted octanol–water partition coefficient (Wildman–Crippen LogP) is 2.45. The molecule has 1 aliphatic rings. The Morgan fingerprint density at radius 1 is 1.10 bits per heavy atom. The molecule has 29 heavy (non-hydrogen) atoms. The van der Waals surface area contributed by atoms with E-state index in [4.69, 9.17) is 9.47 Å². The fraction of sp³-hybridized carbons (Fsp3) is 0.381. The lowest BCUT2D eigenvalue weighted by molar-refractivity contribution is -0.130. The molecule has 0 saturated heterocycles. The zero-order valence-electron chi connectivity index (χ0n) is 16.9. The number of ether oxygens (including phenoxy) is 2. The van der Waals surface area contributed by atoms with Gasteiger partial charge < -0.3 is 14.4 Å². The standard InChI is InChI=1S/C21H26N2O5S/c1-4-22(13-17-15-27-19-11-7-8-12-20(19)28-17)21(24)14-23(29(3,25)26)18-10-6-5-9-16(18)2/h5-12,17H,4,13-15H2,1-3H3. The summed E-state index contributed by atoms with van der Waals surface area (Å²) in [6.07, 6.45) is 0.789. The summed E-state index contributed by atoms with van der Waals surface area (Å²) in [7, 11) is -3.62. The highest BCUT2D eigenvalue weighted by atomic mass is 32.2. The molecule has 1 unspecified atom stereocenters. The normalized spacial score (nSPS) is 15.6. The van der Waals surface area contributed by atoms with Crippen LogP contribution in [-0.4, -0.2) is 57.8 Å². The van der Waals surface area contributed by atoms with Crippen LogP contribution in [0.25, 0.3) is 0 Å². The molecular weight excluding hydrogens is 392 g/mol. The van der Waals surface area contributed by atoms with Crippen molar-refractivity contribution in [2.75, 3.05) is 36.8 Å². The number of aryl methyl sites for hydroxylation is 1. The Kier molecular flexibility index (Phi) is 6.32. The number of carbonyl (C=O) groups excluding carboxylic acids is 1. The van der Waals surface area contributed by atoms with E-state index in [2.05, 4.69) is 0 Å². The third-order valence-electron chi connectivity index (χ3n) is 4.79. The molecule has 2 aromatic carbocycles. The zero-order chi connectivity index (χ0) is 21.0. The maximum Gasteiger partial charge on any atom is 0.243 e. The monoisotopic (exact) mass is 418 g/mol. The van der Waals surface area contributed by atoms with Gasteiger partial charge in [0.1, 0.15) is 13.2 Å². The minimum absolute atomic E-state index is 0.262. The average Bonchev–Trinajstić information content (AvgIpc) is 2.69. The molecular formula is C21H26N2O5S.